The second-order valence-corrected chi connectivity index (χ2v) is 5.81. The number of hydrogen-bond donors (Lipinski definition) is 1. The molecule has 1 heterocycles. The van der Waals surface area contributed by atoms with Crippen molar-refractivity contribution in [2.24, 2.45) is 0 Å². The number of anilines is 1. The molecule has 0 fully saturated rings. The van der Waals surface area contributed by atoms with E-state index in [0.717, 1.165) is 38.4 Å². The molecular formula is C16H30N4. The van der Waals surface area contributed by atoms with Gasteiger partial charge in [-0.2, -0.15) is 0 Å². The lowest BCUT2D eigenvalue weighted by molar-refractivity contribution is 0.412. The Morgan fingerprint density at radius 3 is 2.55 bits per heavy atom. The fourth-order valence-corrected chi connectivity index (χ4v) is 2.08. The lowest BCUT2D eigenvalue weighted by Gasteiger charge is -2.27. The molecule has 0 amide bonds. The van der Waals surface area contributed by atoms with Gasteiger partial charge >= 0.3 is 0 Å². The van der Waals surface area contributed by atoms with Crippen molar-refractivity contribution in [1.82, 2.24) is 15.2 Å². The van der Waals surface area contributed by atoms with Crippen molar-refractivity contribution in [2.45, 2.75) is 39.8 Å². The molecule has 1 aromatic heterocycles. The summed E-state index contributed by atoms with van der Waals surface area (Å²) in [5, 5.41) is 3.49. The van der Waals surface area contributed by atoms with Crippen LogP contribution in [0.15, 0.2) is 18.3 Å². The zero-order chi connectivity index (χ0) is 15.0. The van der Waals surface area contributed by atoms with Crippen LogP contribution in [0.3, 0.4) is 0 Å². The molecule has 0 bridgehead atoms. The highest BCUT2D eigenvalue weighted by Gasteiger charge is 2.12. The Hall–Kier alpha value is -1.13. The van der Waals surface area contributed by atoms with E-state index in [-0.39, 0.29) is 0 Å². The molecule has 1 rings (SSSR count). The number of pyridine rings is 1. The summed E-state index contributed by atoms with van der Waals surface area (Å²) in [4.78, 5) is 9.24. The number of nitrogens with one attached hydrogen (secondary N) is 1. The Kier molecular flexibility index (Phi) is 7.55. The lowest BCUT2D eigenvalue weighted by Crippen LogP contribution is -2.34. The summed E-state index contributed by atoms with van der Waals surface area (Å²) in [5.41, 5.74) is 1.29. The zero-order valence-corrected chi connectivity index (χ0v) is 13.7. The number of nitrogens with zero attached hydrogens (tertiary/aromatic N) is 3. The smallest absolute Gasteiger partial charge is 0.133 e. The van der Waals surface area contributed by atoms with Crippen LogP contribution in [0.2, 0.25) is 0 Å². The van der Waals surface area contributed by atoms with Crippen molar-refractivity contribution in [3.63, 3.8) is 0 Å². The third-order valence-corrected chi connectivity index (χ3v) is 3.18. The summed E-state index contributed by atoms with van der Waals surface area (Å²) < 4.78 is 0. The number of aromatic nitrogens is 1. The van der Waals surface area contributed by atoms with Crippen LogP contribution in [0.25, 0.3) is 0 Å². The van der Waals surface area contributed by atoms with Crippen molar-refractivity contribution in [3.05, 3.63) is 23.9 Å². The highest BCUT2D eigenvalue weighted by molar-refractivity contribution is 5.46. The first-order chi connectivity index (χ1) is 9.54. The molecule has 1 aromatic rings. The van der Waals surface area contributed by atoms with Gasteiger partial charge in [-0.3, -0.25) is 0 Å². The van der Waals surface area contributed by atoms with Crippen LogP contribution < -0.4 is 10.2 Å². The lowest BCUT2D eigenvalue weighted by atomic mass is 10.2. The predicted molar refractivity (Wildman–Crippen MR) is 87.3 cm³/mol. The Bertz CT molecular complexity index is 376. The minimum absolute atomic E-state index is 0.490. The SMILES string of the molecule is CCCN(CCN(C)C)c1ncccc1CNC(C)C. The van der Waals surface area contributed by atoms with Crippen LogP contribution in [0.1, 0.15) is 32.8 Å². The van der Waals surface area contributed by atoms with Crippen molar-refractivity contribution in [3.8, 4) is 0 Å². The summed E-state index contributed by atoms with van der Waals surface area (Å²) in [7, 11) is 4.23. The summed E-state index contributed by atoms with van der Waals surface area (Å²) in [6.45, 7) is 10.6. The van der Waals surface area contributed by atoms with Gasteiger partial charge in [0.2, 0.25) is 0 Å². The quantitative estimate of drug-likeness (QED) is 0.751. The molecule has 0 unspecified atom stereocenters. The molecule has 4 nitrogen and oxygen atoms in total. The second-order valence-electron chi connectivity index (χ2n) is 5.81. The van der Waals surface area contributed by atoms with Gasteiger partial charge in [-0.25, -0.2) is 4.98 Å². The first-order valence-electron chi connectivity index (χ1n) is 7.61. The molecule has 114 valence electrons. The Balaban J connectivity index is 2.82. The van der Waals surface area contributed by atoms with Gasteiger partial charge in [0.25, 0.3) is 0 Å². The average Bonchev–Trinajstić information content (AvgIpc) is 2.41. The second kappa shape index (κ2) is 8.93. The topological polar surface area (TPSA) is 31.4 Å². The molecule has 0 aliphatic rings. The van der Waals surface area contributed by atoms with Gasteiger partial charge in [0.05, 0.1) is 0 Å². The molecule has 0 saturated heterocycles. The summed E-state index contributed by atoms with van der Waals surface area (Å²) >= 11 is 0. The average molecular weight is 278 g/mol. The van der Waals surface area contributed by atoms with E-state index in [0.29, 0.717) is 6.04 Å². The van der Waals surface area contributed by atoms with E-state index in [2.05, 4.69) is 61.0 Å². The Labute approximate surface area is 124 Å². The van der Waals surface area contributed by atoms with Gasteiger partial charge in [-0.05, 0) is 26.6 Å². The fraction of sp³-hybridized carbons (Fsp3) is 0.688. The minimum atomic E-state index is 0.490. The number of rotatable bonds is 9. The molecule has 1 N–H and O–H groups in total. The van der Waals surface area contributed by atoms with E-state index in [1.807, 2.05) is 12.3 Å². The van der Waals surface area contributed by atoms with E-state index in [1.165, 1.54) is 5.56 Å². The molecular weight excluding hydrogens is 248 g/mol. The van der Waals surface area contributed by atoms with Crippen LogP contribution in [0, 0.1) is 0 Å². The molecule has 0 aliphatic carbocycles. The van der Waals surface area contributed by atoms with E-state index in [1.54, 1.807) is 0 Å². The summed E-state index contributed by atoms with van der Waals surface area (Å²) in [6, 6.07) is 4.69. The highest BCUT2D eigenvalue weighted by Crippen LogP contribution is 2.17. The van der Waals surface area contributed by atoms with Gasteiger partial charge in [0.1, 0.15) is 5.82 Å². The van der Waals surface area contributed by atoms with Crippen molar-refractivity contribution >= 4 is 5.82 Å². The van der Waals surface area contributed by atoms with Crippen LogP contribution in [-0.4, -0.2) is 49.7 Å². The zero-order valence-electron chi connectivity index (χ0n) is 13.7. The van der Waals surface area contributed by atoms with Crippen LogP contribution in [0.4, 0.5) is 5.82 Å². The van der Waals surface area contributed by atoms with Crippen molar-refractivity contribution in [2.75, 3.05) is 38.6 Å². The molecule has 4 heteroatoms. The fourth-order valence-electron chi connectivity index (χ4n) is 2.08. The van der Waals surface area contributed by atoms with Gasteiger partial charge in [0, 0.05) is 44.0 Å². The van der Waals surface area contributed by atoms with Crippen LogP contribution in [0.5, 0.6) is 0 Å². The Morgan fingerprint density at radius 2 is 1.95 bits per heavy atom. The highest BCUT2D eigenvalue weighted by atomic mass is 15.2. The summed E-state index contributed by atoms with van der Waals surface area (Å²) in [5.74, 6) is 1.13. The van der Waals surface area contributed by atoms with Crippen molar-refractivity contribution in [1.29, 1.82) is 0 Å². The molecule has 0 atom stereocenters. The van der Waals surface area contributed by atoms with Gasteiger partial charge in [0.15, 0.2) is 0 Å². The van der Waals surface area contributed by atoms with Gasteiger partial charge in [-0.15, -0.1) is 0 Å². The monoisotopic (exact) mass is 278 g/mol. The van der Waals surface area contributed by atoms with E-state index in [4.69, 9.17) is 0 Å². The molecule has 0 saturated carbocycles. The number of likely N-dealkylation sites (N-methyl/N-ethyl adjacent to an activating group) is 1. The molecule has 0 radical (unpaired) electrons. The first kappa shape index (κ1) is 16.9. The van der Waals surface area contributed by atoms with Crippen LogP contribution in [-0.2, 0) is 6.54 Å². The van der Waals surface area contributed by atoms with Gasteiger partial charge < -0.3 is 15.1 Å². The largest absolute Gasteiger partial charge is 0.355 e. The van der Waals surface area contributed by atoms with E-state index >= 15 is 0 Å². The van der Waals surface area contributed by atoms with Crippen LogP contribution >= 0.6 is 0 Å². The third kappa shape index (κ3) is 5.88. The molecule has 0 aromatic carbocycles. The maximum atomic E-state index is 4.62. The summed E-state index contributed by atoms with van der Waals surface area (Å²) in [6.07, 6.45) is 3.04. The predicted octanol–water partition coefficient (Wildman–Crippen LogP) is 2.36. The maximum Gasteiger partial charge on any atom is 0.133 e. The number of hydrogen-bond acceptors (Lipinski definition) is 4. The third-order valence-electron chi connectivity index (χ3n) is 3.18. The molecule has 0 spiro atoms. The first-order valence-corrected chi connectivity index (χ1v) is 7.61. The van der Waals surface area contributed by atoms with E-state index < -0.39 is 0 Å². The molecule has 0 aliphatic heterocycles. The minimum Gasteiger partial charge on any atom is -0.355 e. The van der Waals surface area contributed by atoms with Crippen molar-refractivity contribution < 1.29 is 0 Å². The maximum absolute atomic E-state index is 4.62. The normalized spacial score (nSPS) is 11.3. The van der Waals surface area contributed by atoms with Gasteiger partial charge in [-0.1, -0.05) is 26.8 Å². The van der Waals surface area contributed by atoms with E-state index in [9.17, 15) is 0 Å². The Morgan fingerprint density at radius 1 is 1.20 bits per heavy atom. The molecule has 20 heavy (non-hydrogen) atoms. The standard InChI is InChI=1S/C16H30N4/c1-6-10-20(12-11-19(4)5)16-15(8-7-9-17-16)13-18-14(2)3/h7-9,14,18H,6,10-13H2,1-5H3.